The Morgan fingerprint density at radius 1 is 1.26 bits per heavy atom. The highest BCUT2D eigenvalue weighted by molar-refractivity contribution is 6.32. The van der Waals surface area contributed by atoms with Crippen LogP contribution in [-0.2, 0) is 0 Å². The van der Waals surface area contributed by atoms with E-state index in [9.17, 15) is 0 Å². The lowest BCUT2D eigenvalue weighted by atomic mass is 9.87. The first-order valence-corrected chi connectivity index (χ1v) is 7.12. The van der Waals surface area contributed by atoms with Crippen LogP contribution in [-0.4, -0.2) is 27.3 Å². The average Bonchev–Trinajstić information content (AvgIpc) is 2.90. The maximum atomic E-state index is 6.34. The van der Waals surface area contributed by atoms with Gasteiger partial charge in [0, 0.05) is 12.1 Å². The molecule has 0 aromatic heterocycles. The minimum atomic E-state index is 0.372. The van der Waals surface area contributed by atoms with Gasteiger partial charge in [0.25, 0.3) is 0 Å². The summed E-state index contributed by atoms with van der Waals surface area (Å²) in [6.07, 6.45) is 1.14. The maximum absolute atomic E-state index is 6.34. The third kappa shape index (κ3) is 2.67. The number of nitrogens with one attached hydrogen (secondary N) is 1. The van der Waals surface area contributed by atoms with E-state index < -0.39 is 0 Å². The van der Waals surface area contributed by atoms with Crippen molar-refractivity contribution in [1.82, 2.24) is 5.32 Å². The van der Waals surface area contributed by atoms with E-state index in [-0.39, 0.29) is 0 Å². The lowest BCUT2D eigenvalue weighted by Crippen LogP contribution is -2.11. The molecule has 106 valence electrons. The topological polar surface area (TPSA) is 30.5 Å². The van der Waals surface area contributed by atoms with Crippen LogP contribution in [0.1, 0.15) is 43.2 Å². The molecule has 1 atom stereocenters. The summed E-state index contributed by atoms with van der Waals surface area (Å²) in [7, 11) is 3.31. The fourth-order valence-corrected chi connectivity index (χ4v) is 3.17. The number of hydrogen-bond donors (Lipinski definition) is 1. The number of benzene rings is 1. The third-order valence-corrected chi connectivity index (χ3v) is 4.03. The number of hydrogen-bond acceptors (Lipinski definition) is 3. The summed E-state index contributed by atoms with van der Waals surface area (Å²) in [6, 6.07) is 2.05. The molecule has 0 saturated carbocycles. The zero-order valence-corrected chi connectivity index (χ0v) is 12.8. The van der Waals surface area contributed by atoms with E-state index in [1.165, 1.54) is 11.1 Å². The van der Waals surface area contributed by atoms with Gasteiger partial charge in [-0.3, -0.25) is 0 Å². The van der Waals surface area contributed by atoms with Gasteiger partial charge in [-0.15, -0.1) is 0 Å². The van der Waals surface area contributed by atoms with Crippen LogP contribution in [0.25, 0.3) is 0 Å². The molecule has 0 aliphatic carbocycles. The van der Waals surface area contributed by atoms with E-state index in [1.807, 2.05) is 0 Å². The monoisotopic (exact) mass is 283 g/mol. The highest BCUT2D eigenvalue weighted by Crippen LogP contribution is 2.46. The summed E-state index contributed by atoms with van der Waals surface area (Å²) in [6.45, 7) is 6.42. The molecular formula is C15H22ClNO2. The Kier molecular flexibility index (Phi) is 4.58. The molecule has 1 aliphatic rings. The Hall–Kier alpha value is -0.930. The van der Waals surface area contributed by atoms with Crippen molar-refractivity contribution in [3.63, 3.8) is 0 Å². The van der Waals surface area contributed by atoms with E-state index in [0.29, 0.717) is 22.6 Å². The van der Waals surface area contributed by atoms with Gasteiger partial charge in [0.1, 0.15) is 0 Å². The zero-order chi connectivity index (χ0) is 14.0. The van der Waals surface area contributed by atoms with Crippen LogP contribution in [0.5, 0.6) is 11.5 Å². The van der Waals surface area contributed by atoms with E-state index in [1.54, 1.807) is 14.2 Å². The summed E-state index contributed by atoms with van der Waals surface area (Å²) in [4.78, 5) is 0. The van der Waals surface area contributed by atoms with Crippen LogP contribution < -0.4 is 14.8 Å². The quantitative estimate of drug-likeness (QED) is 0.916. The highest BCUT2D eigenvalue weighted by Gasteiger charge is 2.27. The molecule has 1 N–H and O–H groups in total. The summed E-state index contributed by atoms with van der Waals surface area (Å²) in [5.41, 5.74) is 2.51. The van der Waals surface area contributed by atoms with Gasteiger partial charge < -0.3 is 14.8 Å². The van der Waals surface area contributed by atoms with Crippen LogP contribution in [0.4, 0.5) is 0 Å². The first-order chi connectivity index (χ1) is 9.10. The molecule has 0 bridgehead atoms. The summed E-state index contributed by atoms with van der Waals surface area (Å²) in [5.74, 6) is 2.31. The van der Waals surface area contributed by atoms with Crippen LogP contribution in [0, 0.1) is 0 Å². The van der Waals surface area contributed by atoms with Gasteiger partial charge >= 0.3 is 0 Å². The maximum Gasteiger partial charge on any atom is 0.179 e. The molecule has 1 saturated heterocycles. The molecule has 1 heterocycles. The summed E-state index contributed by atoms with van der Waals surface area (Å²) >= 11 is 6.34. The lowest BCUT2D eigenvalue weighted by molar-refractivity contribution is 0.349. The molecule has 1 aromatic carbocycles. The summed E-state index contributed by atoms with van der Waals surface area (Å²) in [5, 5.41) is 4.04. The van der Waals surface area contributed by atoms with E-state index in [2.05, 4.69) is 25.2 Å². The summed E-state index contributed by atoms with van der Waals surface area (Å²) < 4.78 is 11.0. The fourth-order valence-electron chi connectivity index (χ4n) is 2.89. The van der Waals surface area contributed by atoms with Crippen LogP contribution >= 0.6 is 11.6 Å². The van der Waals surface area contributed by atoms with Gasteiger partial charge in [0.05, 0.1) is 19.2 Å². The second-order valence-electron chi connectivity index (χ2n) is 5.27. The van der Waals surface area contributed by atoms with Gasteiger partial charge in [-0.05, 0) is 36.4 Å². The van der Waals surface area contributed by atoms with Crippen molar-refractivity contribution in [3.05, 3.63) is 22.2 Å². The molecule has 1 fully saturated rings. The van der Waals surface area contributed by atoms with E-state index in [4.69, 9.17) is 21.1 Å². The fraction of sp³-hybridized carbons (Fsp3) is 0.600. The lowest BCUT2D eigenvalue weighted by Gasteiger charge is -2.23. The second-order valence-corrected chi connectivity index (χ2v) is 5.68. The van der Waals surface area contributed by atoms with Gasteiger partial charge in [-0.1, -0.05) is 25.4 Å². The first kappa shape index (κ1) is 14.5. The Bertz CT molecular complexity index is 454. The molecule has 1 aliphatic heterocycles. The van der Waals surface area contributed by atoms with Crippen molar-refractivity contribution < 1.29 is 9.47 Å². The van der Waals surface area contributed by atoms with Crippen molar-refractivity contribution in [3.8, 4) is 11.5 Å². The smallest absolute Gasteiger partial charge is 0.179 e. The highest BCUT2D eigenvalue weighted by atomic mass is 35.5. The Balaban J connectivity index is 2.61. The van der Waals surface area contributed by atoms with Gasteiger partial charge in [-0.2, -0.15) is 0 Å². The molecule has 19 heavy (non-hydrogen) atoms. The molecule has 4 heteroatoms. The minimum Gasteiger partial charge on any atom is -0.492 e. The van der Waals surface area contributed by atoms with Crippen molar-refractivity contribution in [2.75, 3.05) is 27.3 Å². The molecule has 0 radical (unpaired) electrons. The second kappa shape index (κ2) is 6.02. The predicted octanol–water partition coefficient (Wildman–Crippen LogP) is 3.56. The van der Waals surface area contributed by atoms with Crippen molar-refractivity contribution in [2.24, 2.45) is 0 Å². The molecular weight excluding hydrogens is 262 g/mol. The average molecular weight is 284 g/mol. The van der Waals surface area contributed by atoms with Crippen molar-refractivity contribution in [1.29, 1.82) is 0 Å². The largest absolute Gasteiger partial charge is 0.492 e. The Morgan fingerprint density at radius 3 is 2.42 bits per heavy atom. The number of rotatable bonds is 4. The third-order valence-electron chi connectivity index (χ3n) is 3.75. The minimum absolute atomic E-state index is 0.372. The van der Waals surface area contributed by atoms with E-state index in [0.717, 1.165) is 25.3 Å². The zero-order valence-electron chi connectivity index (χ0n) is 12.0. The van der Waals surface area contributed by atoms with Crippen LogP contribution in [0.2, 0.25) is 5.02 Å². The predicted molar refractivity (Wildman–Crippen MR) is 78.9 cm³/mol. The first-order valence-electron chi connectivity index (χ1n) is 6.75. The van der Waals surface area contributed by atoms with Gasteiger partial charge in [0.15, 0.2) is 11.5 Å². The van der Waals surface area contributed by atoms with Crippen molar-refractivity contribution >= 4 is 11.6 Å². The molecule has 0 spiro atoms. The van der Waals surface area contributed by atoms with Gasteiger partial charge in [-0.25, -0.2) is 0 Å². The molecule has 1 unspecified atom stereocenters. The SMILES string of the molecule is COc1c(Cl)cc(C2CCNC2)c(C(C)C)c1OC. The van der Waals surface area contributed by atoms with E-state index >= 15 is 0 Å². The standard InChI is InChI=1S/C15H22ClNO2/c1-9(2)13-11(10-5-6-17-8-10)7-12(16)14(18-3)15(13)19-4/h7,9-10,17H,5-6,8H2,1-4H3. The Morgan fingerprint density at radius 2 is 1.95 bits per heavy atom. The van der Waals surface area contributed by atoms with Crippen LogP contribution in [0.15, 0.2) is 6.07 Å². The number of ether oxygens (including phenoxy) is 2. The molecule has 1 aromatic rings. The molecule has 2 rings (SSSR count). The normalized spacial score (nSPS) is 18.9. The van der Waals surface area contributed by atoms with Crippen LogP contribution in [0.3, 0.4) is 0 Å². The number of halogens is 1. The van der Waals surface area contributed by atoms with Gasteiger partial charge in [0.2, 0.25) is 0 Å². The van der Waals surface area contributed by atoms with Crippen molar-refractivity contribution in [2.45, 2.75) is 32.1 Å². The Labute approximate surface area is 120 Å². The molecule has 0 amide bonds. The molecule has 3 nitrogen and oxygen atoms in total. The number of methoxy groups -OCH3 is 2.